The molecule has 0 saturated carbocycles. The number of halogens is 1. The lowest BCUT2D eigenvalue weighted by atomic mass is 10.1. The molecule has 1 N–H and O–H groups in total. The molecule has 8 nitrogen and oxygen atoms in total. The number of rotatable bonds is 8. The molecule has 0 bridgehead atoms. The van der Waals surface area contributed by atoms with Crippen LogP contribution in [0, 0.1) is 6.92 Å². The van der Waals surface area contributed by atoms with E-state index >= 15 is 0 Å². The second-order valence-electron chi connectivity index (χ2n) is 6.57. The Morgan fingerprint density at radius 1 is 1.00 bits per heavy atom. The van der Waals surface area contributed by atoms with E-state index in [0.717, 1.165) is 0 Å². The average Bonchev–Trinajstić information content (AvgIpc) is 3.11. The molecule has 1 heterocycles. The number of fused-ring (bicyclic) bond motifs is 1. The van der Waals surface area contributed by atoms with Crippen LogP contribution in [0.5, 0.6) is 17.2 Å². The summed E-state index contributed by atoms with van der Waals surface area (Å²) in [4.78, 5) is 24.6. The highest BCUT2D eigenvalue weighted by Gasteiger charge is 2.20. The zero-order valence-corrected chi connectivity index (χ0v) is 18.3. The molecule has 0 aliphatic rings. The van der Waals surface area contributed by atoms with Gasteiger partial charge in [0.15, 0.2) is 18.1 Å². The Morgan fingerprint density at radius 3 is 2.35 bits per heavy atom. The van der Waals surface area contributed by atoms with E-state index in [9.17, 15) is 9.59 Å². The molecular weight excluding hydrogens is 426 g/mol. The van der Waals surface area contributed by atoms with Crippen molar-refractivity contribution in [2.75, 3.05) is 27.9 Å². The van der Waals surface area contributed by atoms with Crippen LogP contribution in [0.4, 0.5) is 0 Å². The van der Waals surface area contributed by atoms with Gasteiger partial charge in [-0.25, -0.2) is 4.79 Å². The topological polar surface area (TPSA) is 96.2 Å². The Kier molecular flexibility index (Phi) is 6.91. The minimum Gasteiger partial charge on any atom is -0.496 e. The number of nitrogens with one attached hydrogen (secondary N) is 1. The molecule has 0 saturated heterocycles. The highest BCUT2D eigenvalue weighted by atomic mass is 35.5. The summed E-state index contributed by atoms with van der Waals surface area (Å²) in [5, 5.41) is 3.92. The molecule has 0 fully saturated rings. The van der Waals surface area contributed by atoms with Crippen LogP contribution in [0.15, 0.2) is 34.7 Å². The summed E-state index contributed by atoms with van der Waals surface area (Å²) in [6.45, 7) is 1.40. The second kappa shape index (κ2) is 9.61. The number of methoxy groups -OCH3 is 3. The molecule has 164 valence electrons. The van der Waals surface area contributed by atoms with E-state index < -0.39 is 18.5 Å². The van der Waals surface area contributed by atoms with Crippen molar-refractivity contribution < 1.29 is 33.0 Å². The number of amides is 1. The summed E-state index contributed by atoms with van der Waals surface area (Å²) in [5.74, 6) is 0.342. The molecule has 1 aromatic heterocycles. The van der Waals surface area contributed by atoms with Gasteiger partial charge in [0.05, 0.1) is 21.3 Å². The van der Waals surface area contributed by atoms with E-state index in [1.807, 2.05) is 0 Å². The Balaban J connectivity index is 1.62. The van der Waals surface area contributed by atoms with Crippen LogP contribution < -0.4 is 19.5 Å². The zero-order valence-electron chi connectivity index (χ0n) is 17.5. The largest absolute Gasteiger partial charge is 0.496 e. The van der Waals surface area contributed by atoms with Crippen molar-refractivity contribution >= 4 is 34.4 Å². The van der Waals surface area contributed by atoms with E-state index in [4.69, 9.17) is 35.0 Å². The number of esters is 1. The Hall–Kier alpha value is -3.39. The van der Waals surface area contributed by atoms with Crippen LogP contribution in [0.2, 0.25) is 5.02 Å². The second-order valence-corrected chi connectivity index (χ2v) is 7.01. The van der Waals surface area contributed by atoms with Gasteiger partial charge in [0.25, 0.3) is 5.91 Å². The maximum Gasteiger partial charge on any atom is 0.375 e. The van der Waals surface area contributed by atoms with Crippen LogP contribution >= 0.6 is 11.6 Å². The van der Waals surface area contributed by atoms with Crippen molar-refractivity contribution in [3.05, 3.63) is 52.2 Å². The minimum atomic E-state index is -0.733. The number of aryl methyl sites for hydroxylation is 1. The quantitative estimate of drug-likeness (QED) is 0.523. The lowest BCUT2D eigenvalue weighted by molar-refractivity contribution is -0.124. The lowest BCUT2D eigenvalue weighted by Crippen LogP contribution is -2.28. The first-order valence-electron chi connectivity index (χ1n) is 9.29. The number of carbonyl (C=O) groups excluding carboxylic acids is 2. The van der Waals surface area contributed by atoms with Gasteiger partial charge in [-0.05, 0) is 31.2 Å². The van der Waals surface area contributed by atoms with Gasteiger partial charge >= 0.3 is 5.97 Å². The van der Waals surface area contributed by atoms with Crippen molar-refractivity contribution in [3.63, 3.8) is 0 Å². The predicted molar refractivity (Wildman–Crippen MR) is 114 cm³/mol. The first kappa shape index (κ1) is 22.3. The average molecular weight is 448 g/mol. The van der Waals surface area contributed by atoms with Crippen LogP contribution in [0.25, 0.3) is 11.0 Å². The smallest absolute Gasteiger partial charge is 0.375 e. The van der Waals surface area contributed by atoms with Gasteiger partial charge < -0.3 is 28.7 Å². The van der Waals surface area contributed by atoms with E-state index in [2.05, 4.69) is 5.32 Å². The fourth-order valence-electron chi connectivity index (χ4n) is 3.06. The van der Waals surface area contributed by atoms with E-state index in [1.165, 1.54) is 21.3 Å². The predicted octanol–water partition coefficient (Wildman–Crippen LogP) is 3.89. The summed E-state index contributed by atoms with van der Waals surface area (Å²) in [5.41, 5.74) is 1.78. The van der Waals surface area contributed by atoms with Gasteiger partial charge in [-0.3, -0.25) is 4.79 Å². The van der Waals surface area contributed by atoms with E-state index in [0.29, 0.717) is 44.4 Å². The normalized spacial score (nSPS) is 10.6. The van der Waals surface area contributed by atoms with Gasteiger partial charge in [0, 0.05) is 34.1 Å². The zero-order chi connectivity index (χ0) is 22.5. The summed E-state index contributed by atoms with van der Waals surface area (Å²) in [7, 11) is 4.54. The SMILES string of the molecule is COc1cc(OC)c(OC)cc1CNC(=O)COC(=O)c1oc2ccc(Cl)cc2c1C. The number of hydrogen-bond donors (Lipinski definition) is 1. The van der Waals surface area contributed by atoms with Gasteiger partial charge in [0.1, 0.15) is 11.3 Å². The molecule has 0 unspecified atom stereocenters. The summed E-state index contributed by atoms with van der Waals surface area (Å²) >= 11 is 5.99. The summed E-state index contributed by atoms with van der Waals surface area (Å²) in [6, 6.07) is 8.40. The Bertz CT molecular complexity index is 1120. The first-order valence-corrected chi connectivity index (χ1v) is 9.67. The molecule has 31 heavy (non-hydrogen) atoms. The summed E-state index contributed by atoms with van der Waals surface area (Å²) < 4.78 is 26.5. The van der Waals surface area contributed by atoms with E-state index in [-0.39, 0.29) is 12.3 Å². The van der Waals surface area contributed by atoms with Crippen LogP contribution in [0.1, 0.15) is 21.7 Å². The molecule has 3 rings (SSSR count). The maximum absolute atomic E-state index is 12.4. The third kappa shape index (κ3) is 4.86. The molecule has 0 radical (unpaired) electrons. The highest BCUT2D eigenvalue weighted by molar-refractivity contribution is 6.31. The molecule has 0 aliphatic heterocycles. The monoisotopic (exact) mass is 447 g/mol. The number of hydrogen-bond acceptors (Lipinski definition) is 7. The third-order valence-corrected chi connectivity index (χ3v) is 4.92. The molecule has 3 aromatic rings. The number of carbonyl (C=O) groups is 2. The standard InChI is InChI=1S/C22H22ClNO7/c1-12-15-8-14(23)5-6-16(15)31-21(12)22(26)30-11-20(25)24-10-13-7-18(28-3)19(29-4)9-17(13)27-2/h5-9H,10-11H2,1-4H3,(H,24,25). The molecule has 0 aliphatic carbocycles. The first-order chi connectivity index (χ1) is 14.9. The fourth-order valence-corrected chi connectivity index (χ4v) is 3.23. The molecule has 9 heteroatoms. The van der Waals surface area contributed by atoms with Crippen molar-refractivity contribution in [2.45, 2.75) is 13.5 Å². The van der Waals surface area contributed by atoms with Gasteiger partial charge in [-0.15, -0.1) is 0 Å². The van der Waals surface area contributed by atoms with Gasteiger partial charge in [-0.1, -0.05) is 11.6 Å². The lowest BCUT2D eigenvalue weighted by Gasteiger charge is -2.14. The highest BCUT2D eigenvalue weighted by Crippen LogP contribution is 2.34. The molecular formula is C22H22ClNO7. The van der Waals surface area contributed by atoms with Crippen LogP contribution in [-0.4, -0.2) is 39.8 Å². The maximum atomic E-state index is 12.4. The number of ether oxygens (including phenoxy) is 4. The Morgan fingerprint density at radius 2 is 1.68 bits per heavy atom. The number of benzene rings is 2. The van der Waals surface area contributed by atoms with Gasteiger partial charge in [0.2, 0.25) is 5.76 Å². The molecule has 0 atom stereocenters. The van der Waals surface area contributed by atoms with Gasteiger partial charge in [-0.2, -0.15) is 0 Å². The van der Waals surface area contributed by atoms with E-state index in [1.54, 1.807) is 37.3 Å². The molecule has 0 spiro atoms. The van der Waals surface area contributed by atoms with Crippen molar-refractivity contribution in [2.24, 2.45) is 0 Å². The van der Waals surface area contributed by atoms with Crippen LogP contribution in [-0.2, 0) is 16.1 Å². The minimum absolute atomic E-state index is 0.0339. The molecule has 2 aromatic carbocycles. The van der Waals surface area contributed by atoms with Crippen molar-refractivity contribution in [1.82, 2.24) is 5.32 Å². The van der Waals surface area contributed by atoms with Crippen molar-refractivity contribution in [3.8, 4) is 17.2 Å². The Labute approximate surface area is 184 Å². The summed E-state index contributed by atoms with van der Waals surface area (Å²) in [6.07, 6.45) is 0. The third-order valence-electron chi connectivity index (χ3n) is 4.68. The fraction of sp³-hybridized carbons (Fsp3) is 0.273. The van der Waals surface area contributed by atoms with Crippen LogP contribution in [0.3, 0.4) is 0 Å². The molecule has 1 amide bonds. The van der Waals surface area contributed by atoms with Crippen molar-refractivity contribution in [1.29, 1.82) is 0 Å². The number of furan rings is 1.